The van der Waals surface area contributed by atoms with Crippen molar-refractivity contribution in [3.05, 3.63) is 47.3 Å². The van der Waals surface area contributed by atoms with Gasteiger partial charge in [-0.15, -0.1) is 0 Å². The Hall–Kier alpha value is -3.80. The van der Waals surface area contributed by atoms with E-state index in [-0.39, 0.29) is 24.3 Å². The standard InChI is InChI=1S/C26H30F3N5O4/c1-14(17-7-18(26(27,28)29)9-19(30)8-17)31-25-21-10-24(23(36-4)11-22(21)32-15(2)33-25)38-13-20-12-34(16(3)35)5-6-37-20/h7-11,14,20H,5-6,12-13,30H2,1-4H3,(H,31,32,33)/t14-,20+/m1/s1. The number of hydrogen-bond donors (Lipinski definition) is 2. The van der Waals surface area contributed by atoms with E-state index in [9.17, 15) is 18.0 Å². The third-order valence-electron chi connectivity index (χ3n) is 6.26. The fraction of sp³-hybridized carbons (Fsp3) is 0.423. The van der Waals surface area contributed by atoms with Crippen molar-refractivity contribution < 1.29 is 32.2 Å². The summed E-state index contributed by atoms with van der Waals surface area (Å²) in [6, 6.07) is 6.33. The van der Waals surface area contributed by atoms with Crippen molar-refractivity contribution in [2.75, 3.05) is 44.5 Å². The summed E-state index contributed by atoms with van der Waals surface area (Å²) < 4.78 is 57.3. The zero-order chi connectivity index (χ0) is 27.6. The molecule has 1 fully saturated rings. The number of morpholine rings is 1. The van der Waals surface area contributed by atoms with E-state index in [1.165, 1.54) is 20.1 Å². The van der Waals surface area contributed by atoms with E-state index >= 15 is 0 Å². The zero-order valence-corrected chi connectivity index (χ0v) is 21.6. The average molecular weight is 534 g/mol. The average Bonchev–Trinajstić information content (AvgIpc) is 2.86. The number of alkyl halides is 3. The van der Waals surface area contributed by atoms with E-state index in [2.05, 4.69) is 15.3 Å². The molecule has 1 aliphatic heterocycles. The second-order valence-corrected chi connectivity index (χ2v) is 9.16. The lowest BCUT2D eigenvalue weighted by atomic mass is 10.0. The van der Waals surface area contributed by atoms with Gasteiger partial charge < -0.3 is 30.2 Å². The lowest BCUT2D eigenvalue weighted by molar-refractivity contribution is -0.138. The summed E-state index contributed by atoms with van der Waals surface area (Å²) >= 11 is 0. The molecule has 2 aromatic carbocycles. The van der Waals surface area contributed by atoms with Crippen LogP contribution in [0.15, 0.2) is 30.3 Å². The Labute approximate surface area is 218 Å². The highest BCUT2D eigenvalue weighted by Crippen LogP contribution is 2.37. The number of amides is 1. The third-order valence-corrected chi connectivity index (χ3v) is 6.26. The Kier molecular flexibility index (Phi) is 7.81. The van der Waals surface area contributed by atoms with Crippen LogP contribution in [0.2, 0.25) is 0 Å². The van der Waals surface area contributed by atoms with Gasteiger partial charge in [0.2, 0.25) is 5.91 Å². The first-order valence-electron chi connectivity index (χ1n) is 12.0. The van der Waals surface area contributed by atoms with Crippen molar-refractivity contribution in [2.24, 2.45) is 0 Å². The number of nitrogens with zero attached hydrogens (tertiary/aromatic N) is 3. The second kappa shape index (κ2) is 10.9. The van der Waals surface area contributed by atoms with E-state index in [4.69, 9.17) is 19.9 Å². The van der Waals surface area contributed by atoms with Crippen LogP contribution in [-0.4, -0.2) is 60.3 Å². The van der Waals surface area contributed by atoms with Crippen LogP contribution in [0.1, 0.15) is 36.8 Å². The normalized spacial score (nSPS) is 16.8. The molecular weight excluding hydrogens is 503 g/mol. The van der Waals surface area contributed by atoms with Crippen LogP contribution in [0.5, 0.6) is 11.5 Å². The highest BCUT2D eigenvalue weighted by atomic mass is 19.4. The molecular formula is C26H30F3N5O4. The van der Waals surface area contributed by atoms with Gasteiger partial charge in [0.25, 0.3) is 0 Å². The molecule has 1 aromatic heterocycles. The number of hydrogen-bond acceptors (Lipinski definition) is 8. The molecule has 9 nitrogen and oxygen atoms in total. The maximum atomic E-state index is 13.3. The summed E-state index contributed by atoms with van der Waals surface area (Å²) in [5.74, 6) is 1.71. The van der Waals surface area contributed by atoms with Gasteiger partial charge in [-0.3, -0.25) is 4.79 Å². The number of benzene rings is 2. The second-order valence-electron chi connectivity index (χ2n) is 9.16. The number of aromatic nitrogens is 2. The highest BCUT2D eigenvalue weighted by molar-refractivity contribution is 5.92. The topological polar surface area (TPSA) is 112 Å². The Morgan fingerprint density at radius 2 is 2.00 bits per heavy atom. The molecule has 1 saturated heterocycles. The fourth-order valence-electron chi connectivity index (χ4n) is 4.30. The molecule has 12 heteroatoms. The number of halogens is 3. The molecule has 0 unspecified atom stereocenters. The van der Waals surface area contributed by atoms with E-state index in [0.717, 1.165) is 12.1 Å². The van der Waals surface area contributed by atoms with Gasteiger partial charge in [-0.05, 0) is 43.7 Å². The van der Waals surface area contributed by atoms with Crippen LogP contribution in [-0.2, 0) is 15.7 Å². The highest BCUT2D eigenvalue weighted by Gasteiger charge is 2.31. The van der Waals surface area contributed by atoms with Crippen LogP contribution in [0.25, 0.3) is 10.9 Å². The van der Waals surface area contributed by atoms with Crippen molar-refractivity contribution in [3.8, 4) is 11.5 Å². The first kappa shape index (κ1) is 27.2. The number of carbonyl (C=O) groups is 1. The molecule has 1 aliphatic rings. The van der Waals surface area contributed by atoms with E-state index in [0.29, 0.717) is 59.3 Å². The summed E-state index contributed by atoms with van der Waals surface area (Å²) in [6.07, 6.45) is -4.83. The van der Waals surface area contributed by atoms with Crippen molar-refractivity contribution >= 4 is 28.3 Å². The number of aryl methyl sites for hydroxylation is 1. The van der Waals surface area contributed by atoms with Crippen molar-refractivity contribution in [2.45, 2.75) is 39.1 Å². The SMILES string of the molecule is COc1cc2nc(C)nc(N[C@H](C)c3cc(N)cc(C(F)(F)F)c3)c2cc1OC[C@@H]1CN(C(C)=O)CCO1. The summed E-state index contributed by atoms with van der Waals surface area (Å²) in [6.45, 7) is 6.50. The molecule has 0 bridgehead atoms. The zero-order valence-electron chi connectivity index (χ0n) is 21.6. The summed E-state index contributed by atoms with van der Waals surface area (Å²) in [7, 11) is 1.51. The predicted molar refractivity (Wildman–Crippen MR) is 136 cm³/mol. The van der Waals surface area contributed by atoms with Gasteiger partial charge in [0.1, 0.15) is 24.4 Å². The van der Waals surface area contributed by atoms with Crippen LogP contribution < -0.4 is 20.5 Å². The maximum Gasteiger partial charge on any atom is 0.416 e. The molecule has 1 amide bonds. The van der Waals surface area contributed by atoms with Gasteiger partial charge in [0, 0.05) is 30.6 Å². The number of methoxy groups -OCH3 is 1. The Bertz CT molecular complexity index is 1330. The van der Waals surface area contributed by atoms with Gasteiger partial charge >= 0.3 is 6.18 Å². The first-order valence-corrected chi connectivity index (χ1v) is 12.0. The van der Waals surface area contributed by atoms with Gasteiger partial charge in [-0.1, -0.05) is 0 Å². The smallest absolute Gasteiger partial charge is 0.416 e. The fourth-order valence-corrected chi connectivity index (χ4v) is 4.30. The van der Waals surface area contributed by atoms with Gasteiger partial charge in [-0.2, -0.15) is 13.2 Å². The number of ether oxygens (including phenoxy) is 3. The van der Waals surface area contributed by atoms with Crippen LogP contribution >= 0.6 is 0 Å². The molecule has 0 radical (unpaired) electrons. The van der Waals surface area contributed by atoms with Crippen molar-refractivity contribution in [3.63, 3.8) is 0 Å². The maximum absolute atomic E-state index is 13.3. The lowest BCUT2D eigenvalue weighted by Crippen LogP contribution is -2.46. The minimum Gasteiger partial charge on any atom is -0.493 e. The molecule has 38 heavy (non-hydrogen) atoms. The van der Waals surface area contributed by atoms with Crippen LogP contribution in [0, 0.1) is 6.92 Å². The molecule has 0 spiro atoms. The quantitative estimate of drug-likeness (QED) is 0.432. The Morgan fingerprint density at radius 3 is 2.68 bits per heavy atom. The molecule has 204 valence electrons. The monoisotopic (exact) mass is 533 g/mol. The molecule has 0 aliphatic carbocycles. The number of nitrogens with two attached hydrogens (primary N) is 1. The molecule has 4 rings (SSSR count). The number of nitrogens with one attached hydrogen (secondary N) is 1. The minimum atomic E-state index is -4.52. The number of carbonyl (C=O) groups excluding carboxylic acids is 1. The number of nitrogen functional groups attached to an aromatic ring is 1. The van der Waals surface area contributed by atoms with Gasteiger partial charge in [0.15, 0.2) is 11.5 Å². The number of rotatable bonds is 7. The Morgan fingerprint density at radius 1 is 1.24 bits per heavy atom. The van der Waals surface area contributed by atoms with Crippen molar-refractivity contribution in [1.82, 2.24) is 14.9 Å². The number of fused-ring (bicyclic) bond motifs is 1. The minimum absolute atomic E-state index is 0.0147. The molecule has 2 atom stereocenters. The largest absolute Gasteiger partial charge is 0.493 e. The summed E-state index contributed by atoms with van der Waals surface area (Å²) in [5.41, 5.74) is 5.88. The number of anilines is 2. The van der Waals surface area contributed by atoms with Gasteiger partial charge in [0.05, 0.1) is 37.4 Å². The van der Waals surface area contributed by atoms with Crippen LogP contribution in [0.3, 0.4) is 0 Å². The van der Waals surface area contributed by atoms with Gasteiger partial charge in [-0.25, -0.2) is 9.97 Å². The lowest BCUT2D eigenvalue weighted by Gasteiger charge is -2.32. The molecule has 2 heterocycles. The first-order chi connectivity index (χ1) is 17.9. The van der Waals surface area contributed by atoms with E-state index in [1.807, 2.05) is 0 Å². The molecule has 3 N–H and O–H groups in total. The van der Waals surface area contributed by atoms with E-state index < -0.39 is 17.8 Å². The predicted octanol–water partition coefficient (Wildman–Crippen LogP) is 4.35. The summed E-state index contributed by atoms with van der Waals surface area (Å²) in [5, 5.41) is 3.79. The molecule has 3 aromatic rings. The van der Waals surface area contributed by atoms with Crippen molar-refractivity contribution in [1.29, 1.82) is 0 Å². The summed E-state index contributed by atoms with van der Waals surface area (Å²) in [4.78, 5) is 22.4. The van der Waals surface area contributed by atoms with E-state index in [1.54, 1.807) is 30.9 Å². The Balaban J connectivity index is 1.62. The van der Waals surface area contributed by atoms with Crippen LogP contribution in [0.4, 0.5) is 24.7 Å². The third kappa shape index (κ3) is 6.18. The molecule has 0 saturated carbocycles.